The third-order valence-electron chi connectivity index (χ3n) is 9.42. The molecule has 0 atom stereocenters. The van der Waals surface area contributed by atoms with E-state index in [1.165, 1.54) is 16.7 Å². The van der Waals surface area contributed by atoms with Crippen molar-refractivity contribution in [1.82, 2.24) is 15.0 Å². The summed E-state index contributed by atoms with van der Waals surface area (Å²) in [6, 6.07) is 46.2. The second-order valence-corrected chi connectivity index (χ2v) is 12.8. The molecule has 6 nitrogen and oxygen atoms in total. The van der Waals surface area contributed by atoms with Crippen LogP contribution in [0.4, 0.5) is 0 Å². The van der Waals surface area contributed by atoms with Crippen LogP contribution in [0.2, 0.25) is 0 Å². The lowest BCUT2D eigenvalue weighted by atomic mass is 9.82. The van der Waals surface area contributed by atoms with Crippen molar-refractivity contribution in [2.75, 3.05) is 0 Å². The van der Waals surface area contributed by atoms with Crippen molar-refractivity contribution in [3.8, 4) is 85.5 Å². The van der Waals surface area contributed by atoms with Crippen LogP contribution in [-0.4, -0.2) is 15.0 Å². The van der Waals surface area contributed by atoms with Crippen molar-refractivity contribution in [2.24, 2.45) is 0 Å². The van der Waals surface area contributed by atoms with E-state index < -0.39 is 0 Å². The van der Waals surface area contributed by atoms with Gasteiger partial charge in [-0.2, -0.15) is 5.26 Å². The predicted molar refractivity (Wildman–Crippen MR) is 190 cm³/mol. The molecule has 0 fully saturated rings. The van der Waals surface area contributed by atoms with Crippen molar-refractivity contribution in [3.05, 3.63) is 150 Å². The molecule has 0 radical (unpaired) electrons. The molecule has 0 spiro atoms. The largest absolute Gasteiger partial charge is 0.449 e. The molecule has 0 saturated carbocycles. The molecule has 0 saturated heterocycles. The van der Waals surface area contributed by atoms with E-state index in [4.69, 9.17) is 24.4 Å². The molecule has 1 aliphatic heterocycles. The molecule has 1 aliphatic carbocycles. The van der Waals surface area contributed by atoms with Crippen LogP contribution in [0.15, 0.2) is 133 Å². The van der Waals surface area contributed by atoms with Crippen molar-refractivity contribution in [2.45, 2.75) is 19.3 Å². The second-order valence-electron chi connectivity index (χ2n) is 12.8. The summed E-state index contributed by atoms with van der Waals surface area (Å²) in [6.07, 6.45) is 0. The first-order valence-electron chi connectivity index (χ1n) is 16.2. The Kier molecular flexibility index (Phi) is 6.43. The minimum Gasteiger partial charge on any atom is -0.449 e. The van der Waals surface area contributed by atoms with Crippen LogP contribution in [0.25, 0.3) is 56.4 Å². The highest BCUT2D eigenvalue weighted by molar-refractivity contribution is 5.88. The van der Waals surface area contributed by atoms with Gasteiger partial charge in [0.05, 0.1) is 17.2 Å². The lowest BCUT2D eigenvalue weighted by Gasteiger charge is -2.26. The van der Waals surface area contributed by atoms with Gasteiger partial charge in [-0.1, -0.05) is 111 Å². The van der Waals surface area contributed by atoms with Crippen LogP contribution in [0.1, 0.15) is 30.5 Å². The molecule has 6 heteroatoms. The molecule has 1 aromatic heterocycles. The van der Waals surface area contributed by atoms with E-state index in [0.29, 0.717) is 45.8 Å². The molecule has 232 valence electrons. The van der Waals surface area contributed by atoms with Crippen molar-refractivity contribution < 1.29 is 9.47 Å². The fourth-order valence-electron chi connectivity index (χ4n) is 6.97. The number of hydrogen-bond donors (Lipinski definition) is 0. The van der Waals surface area contributed by atoms with Crippen molar-refractivity contribution in [3.63, 3.8) is 0 Å². The molecule has 9 rings (SSSR count). The normalized spacial score (nSPS) is 13.2. The first kappa shape index (κ1) is 28.6. The van der Waals surface area contributed by atoms with Gasteiger partial charge < -0.3 is 9.47 Å². The highest BCUT2D eigenvalue weighted by atomic mass is 16.6. The zero-order chi connectivity index (χ0) is 33.1. The van der Waals surface area contributed by atoms with E-state index in [1.54, 1.807) is 6.07 Å². The third-order valence-corrected chi connectivity index (χ3v) is 9.42. The fraction of sp³-hybridized carbons (Fsp3) is 0.0698. The van der Waals surface area contributed by atoms with E-state index in [9.17, 15) is 5.26 Å². The Balaban J connectivity index is 1.18. The first-order chi connectivity index (χ1) is 24.0. The van der Waals surface area contributed by atoms with Crippen LogP contribution in [0.3, 0.4) is 0 Å². The van der Waals surface area contributed by atoms with E-state index in [2.05, 4.69) is 50.2 Å². The molecule has 2 aliphatic rings. The van der Waals surface area contributed by atoms with Crippen molar-refractivity contribution >= 4 is 0 Å². The molecule has 0 bridgehead atoms. The van der Waals surface area contributed by atoms with Gasteiger partial charge >= 0.3 is 0 Å². The average Bonchev–Trinajstić information content (AvgIpc) is 3.40. The topological polar surface area (TPSA) is 80.9 Å². The SMILES string of the molecule is CC1(C)c2ccccc2-c2c1ccc1c2Oc2cccc(-c3nc(-c4ccccc4)nc(-c4cccc(-c5cccc(C#N)c5)c4)n3)c2O1. The molecule has 0 amide bonds. The van der Waals surface area contributed by atoms with Crippen LogP contribution in [0, 0.1) is 11.3 Å². The highest BCUT2D eigenvalue weighted by Crippen LogP contribution is 2.59. The Morgan fingerprint density at radius 1 is 0.510 bits per heavy atom. The maximum absolute atomic E-state index is 9.46. The Bertz CT molecular complexity index is 2500. The number of nitrogens with zero attached hydrogens (tertiary/aromatic N) is 4. The zero-order valence-corrected chi connectivity index (χ0v) is 26.8. The summed E-state index contributed by atoms with van der Waals surface area (Å²) in [7, 11) is 0. The number of nitriles is 1. The number of aromatic nitrogens is 3. The number of fused-ring (bicyclic) bond motifs is 6. The molecule has 0 unspecified atom stereocenters. The summed E-state index contributed by atoms with van der Waals surface area (Å²) in [5, 5.41) is 9.46. The van der Waals surface area contributed by atoms with Crippen molar-refractivity contribution in [1.29, 1.82) is 5.26 Å². The quantitative estimate of drug-likeness (QED) is 0.192. The van der Waals surface area contributed by atoms with E-state index in [-0.39, 0.29) is 5.41 Å². The molecular formula is C43H28N4O2. The van der Waals surface area contributed by atoms with E-state index in [0.717, 1.165) is 33.6 Å². The third kappa shape index (κ3) is 4.67. The van der Waals surface area contributed by atoms with Crippen LogP contribution in [-0.2, 0) is 5.41 Å². The van der Waals surface area contributed by atoms with Gasteiger partial charge in [-0.15, -0.1) is 0 Å². The van der Waals surface area contributed by atoms with Crippen LogP contribution < -0.4 is 9.47 Å². The van der Waals surface area contributed by atoms with Crippen LogP contribution >= 0.6 is 0 Å². The summed E-state index contributed by atoms with van der Waals surface area (Å²) in [6.45, 7) is 4.50. The average molecular weight is 633 g/mol. The minimum absolute atomic E-state index is 0.155. The number of rotatable bonds is 4. The molecular weight excluding hydrogens is 604 g/mol. The number of hydrogen-bond acceptors (Lipinski definition) is 6. The van der Waals surface area contributed by atoms with Gasteiger partial charge in [-0.25, -0.2) is 15.0 Å². The molecule has 49 heavy (non-hydrogen) atoms. The zero-order valence-electron chi connectivity index (χ0n) is 26.8. The van der Waals surface area contributed by atoms with Gasteiger partial charge in [0.1, 0.15) is 0 Å². The standard InChI is InChI=1S/C43H28N4O2/c1-43(2)33-19-7-6-17-31(33)37-34(43)21-22-36-39(37)49-35-20-10-18-32(38(35)48-36)42-46-40(27-12-4-3-5-13-27)45-41(47-42)30-16-9-15-29(24-30)28-14-8-11-26(23-28)25-44/h3-24H,1-2H3. The lowest BCUT2D eigenvalue weighted by molar-refractivity contribution is 0.361. The Labute approximate surface area is 284 Å². The number of ether oxygens (including phenoxy) is 2. The van der Waals surface area contributed by atoms with Gasteiger partial charge in [-0.05, 0) is 64.2 Å². The summed E-state index contributed by atoms with van der Waals surface area (Å²) in [4.78, 5) is 15.0. The van der Waals surface area contributed by atoms with Gasteiger partial charge in [0.15, 0.2) is 40.5 Å². The minimum atomic E-state index is -0.155. The maximum atomic E-state index is 9.46. The van der Waals surface area contributed by atoms with E-state index in [1.807, 2.05) is 97.1 Å². The van der Waals surface area contributed by atoms with Gasteiger partial charge in [0, 0.05) is 22.1 Å². The number of benzene rings is 6. The van der Waals surface area contributed by atoms with Gasteiger partial charge in [0.25, 0.3) is 0 Å². The highest BCUT2D eigenvalue weighted by Gasteiger charge is 2.40. The maximum Gasteiger partial charge on any atom is 0.181 e. The summed E-state index contributed by atoms with van der Waals surface area (Å²) in [5.74, 6) is 4.06. The van der Waals surface area contributed by atoms with E-state index >= 15 is 0 Å². The molecule has 2 heterocycles. The van der Waals surface area contributed by atoms with Gasteiger partial charge in [0.2, 0.25) is 0 Å². The Morgan fingerprint density at radius 3 is 1.96 bits per heavy atom. The van der Waals surface area contributed by atoms with Crippen LogP contribution in [0.5, 0.6) is 23.0 Å². The molecule has 6 aromatic carbocycles. The monoisotopic (exact) mass is 632 g/mol. The Morgan fingerprint density at radius 2 is 1.12 bits per heavy atom. The predicted octanol–water partition coefficient (Wildman–Crippen LogP) is 10.6. The lowest BCUT2D eigenvalue weighted by Crippen LogP contribution is -2.15. The smallest absolute Gasteiger partial charge is 0.181 e. The first-order valence-corrected chi connectivity index (χ1v) is 16.2. The fourth-order valence-corrected chi connectivity index (χ4v) is 6.97. The summed E-state index contributed by atoms with van der Waals surface area (Å²) in [5.41, 5.74) is 9.47. The number of para-hydroxylation sites is 1. The molecule has 7 aromatic rings. The second kappa shape index (κ2) is 11.0. The summed E-state index contributed by atoms with van der Waals surface area (Å²) >= 11 is 0. The summed E-state index contributed by atoms with van der Waals surface area (Å²) < 4.78 is 13.4. The molecule has 0 N–H and O–H groups in total. The Hall–Kier alpha value is -6.58. The van der Waals surface area contributed by atoms with Gasteiger partial charge in [-0.3, -0.25) is 0 Å².